The van der Waals surface area contributed by atoms with Crippen molar-refractivity contribution in [2.75, 3.05) is 41.7 Å². The molecule has 1 aromatic rings. The summed E-state index contributed by atoms with van der Waals surface area (Å²) in [6, 6.07) is 0. The molecule has 2 N–H and O–H groups in total. The van der Waals surface area contributed by atoms with Gasteiger partial charge in [0.05, 0.1) is 0 Å². The standard InChI is InChI=1S/C12H21F3N6/c1-4-7-16-9-18-10(17-8-12(13,14)15)20-11(19-9)21(5-2)6-3/h4-8H2,1-3H3,(H2,16,17,18,19,20). The van der Waals surface area contributed by atoms with Gasteiger partial charge in [-0.3, -0.25) is 0 Å². The fraction of sp³-hybridized carbons (Fsp3) is 0.750. The number of alkyl halides is 3. The van der Waals surface area contributed by atoms with Crippen LogP contribution in [0.1, 0.15) is 27.2 Å². The second kappa shape index (κ2) is 7.84. The Bertz CT molecular complexity index is 433. The highest BCUT2D eigenvalue weighted by atomic mass is 19.4. The van der Waals surface area contributed by atoms with Crippen molar-refractivity contribution in [2.24, 2.45) is 0 Å². The van der Waals surface area contributed by atoms with Crippen LogP contribution in [0.4, 0.5) is 31.0 Å². The molecule has 0 fully saturated rings. The minimum atomic E-state index is -4.32. The van der Waals surface area contributed by atoms with Gasteiger partial charge >= 0.3 is 6.18 Å². The first-order chi connectivity index (χ1) is 9.89. The lowest BCUT2D eigenvalue weighted by molar-refractivity contribution is -0.115. The molecular weight excluding hydrogens is 285 g/mol. The molecule has 0 atom stereocenters. The van der Waals surface area contributed by atoms with E-state index in [0.717, 1.165) is 6.42 Å². The van der Waals surface area contributed by atoms with Gasteiger partial charge in [-0.15, -0.1) is 0 Å². The number of nitrogens with one attached hydrogen (secondary N) is 2. The molecule has 0 saturated heterocycles. The Labute approximate surface area is 122 Å². The third-order valence-electron chi connectivity index (χ3n) is 2.65. The van der Waals surface area contributed by atoms with E-state index in [1.807, 2.05) is 25.7 Å². The maximum absolute atomic E-state index is 12.3. The minimum absolute atomic E-state index is 0.0807. The molecule has 0 unspecified atom stereocenters. The van der Waals surface area contributed by atoms with Crippen molar-refractivity contribution in [3.63, 3.8) is 0 Å². The van der Waals surface area contributed by atoms with Gasteiger partial charge in [0.15, 0.2) is 0 Å². The van der Waals surface area contributed by atoms with Gasteiger partial charge in [-0.25, -0.2) is 0 Å². The number of anilines is 3. The molecule has 0 radical (unpaired) electrons. The molecule has 1 heterocycles. The van der Waals surface area contributed by atoms with Crippen LogP contribution < -0.4 is 15.5 Å². The van der Waals surface area contributed by atoms with E-state index in [9.17, 15) is 13.2 Å². The Morgan fingerprint density at radius 1 is 0.952 bits per heavy atom. The van der Waals surface area contributed by atoms with Crippen LogP contribution in [-0.4, -0.2) is 47.3 Å². The Morgan fingerprint density at radius 3 is 2.00 bits per heavy atom. The molecule has 9 heteroatoms. The topological polar surface area (TPSA) is 66.0 Å². The molecule has 0 saturated carbocycles. The summed E-state index contributed by atoms with van der Waals surface area (Å²) in [6.45, 7) is 6.61. The molecule has 0 bridgehead atoms. The van der Waals surface area contributed by atoms with Crippen molar-refractivity contribution >= 4 is 17.8 Å². The van der Waals surface area contributed by atoms with Gasteiger partial charge in [0, 0.05) is 19.6 Å². The lowest BCUT2D eigenvalue weighted by Gasteiger charge is -2.20. The van der Waals surface area contributed by atoms with Gasteiger partial charge < -0.3 is 15.5 Å². The summed E-state index contributed by atoms with van der Waals surface area (Å²) in [5, 5.41) is 5.16. The van der Waals surface area contributed by atoms with E-state index < -0.39 is 12.7 Å². The first-order valence-electron chi connectivity index (χ1n) is 6.95. The molecule has 0 aliphatic carbocycles. The minimum Gasteiger partial charge on any atom is -0.354 e. The Balaban J connectivity index is 2.96. The largest absolute Gasteiger partial charge is 0.405 e. The van der Waals surface area contributed by atoms with Crippen molar-refractivity contribution in [1.29, 1.82) is 0 Å². The summed E-state index contributed by atoms with van der Waals surface area (Å²) in [5.41, 5.74) is 0. The summed E-state index contributed by atoms with van der Waals surface area (Å²) < 4.78 is 36.8. The SMILES string of the molecule is CCCNc1nc(NCC(F)(F)F)nc(N(CC)CC)n1. The average Bonchev–Trinajstić information content (AvgIpc) is 2.43. The van der Waals surface area contributed by atoms with Crippen LogP contribution in [-0.2, 0) is 0 Å². The predicted molar refractivity (Wildman–Crippen MR) is 76.7 cm³/mol. The van der Waals surface area contributed by atoms with Gasteiger partial charge in [0.2, 0.25) is 17.8 Å². The zero-order valence-electron chi connectivity index (χ0n) is 12.5. The molecule has 6 nitrogen and oxygen atoms in total. The van der Waals surface area contributed by atoms with Crippen LogP contribution in [0.5, 0.6) is 0 Å². The summed E-state index contributed by atoms with van der Waals surface area (Å²) >= 11 is 0. The fourth-order valence-corrected chi connectivity index (χ4v) is 1.59. The third kappa shape index (κ3) is 6.01. The second-order valence-corrected chi connectivity index (χ2v) is 4.35. The molecule has 0 spiro atoms. The Morgan fingerprint density at radius 2 is 1.52 bits per heavy atom. The smallest absolute Gasteiger partial charge is 0.354 e. The third-order valence-corrected chi connectivity index (χ3v) is 2.65. The fourth-order valence-electron chi connectivity index (χ4n) is 1.59. The molecule has 1 rings (SSSR count). The molecule has 0 amide bonds. The number of aromatic nitrogens is 3. The summed E-state index contributed by atoms with van der Waals surface area (Å²) in [4.78, 5) is 14.1. The molecular formula is C12H21F3N6. The normalized spacial score (nSPS) is 11.3. The first-order valence-corrected chi connectivity index (χ1v) is 6.95. The highest BCUT2D eigenvalue weighted by molar-refractivity contribution is 5.43. The molecule has 0 aliphatic rings. The van der Waals surface area contributed by atoms with Gasteiger partial charge in [0.1, 0.15) is 6.54 Å². The van der Waals surface area contributed by atoms with Crippen LogP contribution in [0.15, 0.2) is 0 Å². The monoisotopic (exact) mass is 306 g/mol. The zero-order chi connectivity index (χ0) is 15.9. The Kier molecular flexibility index (Phi) is 6.44. The maximum Gasteiger partial charge on any atom is 0.405 e. The highest BCUT2D eigenvalue weighted by Crippen LogP contribution is 2.17. The van der Waals surface area contributed by atoms with E-state index in [0.29, 0.717) is 25.6 Å². The summed E-state index contributed by atoms with van der Waals surface area (Å²) in [7, 11) is 0. The van der Waals surface area contributed by atoms with E-state index in [2.05, 4.69) is 25.6 Å². The van der Waals surface area contributed by atoms with Gasteiger partial charge in [-0.1, -0.05) is 6.92 Å². The maximum atomic E-state index is 12.3. The lowest BCUT2D eigenvalue weighted by atomic mass is 10.5. The summed E-state index contributed by atoms with van der Waals surface area (Å²) in [6.07, 6.45) is -3.46. The van der Waals surface area contributed by atoms with E-state index >= 15 is 0 Å². The van der Waals surface area contributed by atoms with Gasteiger partial charge in [-0.2, -0.15) is 28.1 Å². The molecule has 0 aromatic carbocycles. The number of halogens is 3. The number of hydrogen-bond donors (Lipinski definition) is 2. The van der Waals surface area contributed by atoms with Crippen molar-refractivity contribution in [1.82, 2.24) is 15.0 Å². The number of nitrogens with zero attached hydrogens (tertiary/aromatic N) is 4. The van der Waals surface area contributed by atoms with Crippen molar-refractivity contribution < 1.29 is 13.2 Å². The molecule has 0 aliphatic heterocycles. The molecule has 21 heavy (non-hydrogen) atoms. The molecule has 120 valence electrons. The van der Waals surface area contributed by atoms with Crippen LogP contribution in [0.3, 0.4) is 0 Å². The lowest BCUT2D eigenvalue weighted by Crippen LogP contribution is -2.27. The van der Waals surface area contributed by atoms with Crippen LogP contribution in [0.25, 0.3) is 0 Å². The van der Waals surface area contributed by atoms with Crippen molar-refractivity contribution in [2.45, 2.75) is 33.4 Å². The van der Waals surface area contributed by atoms with E-state index in [4.69, 9.17) is 0 Å². The Hall–Kier alpha value is -1.80. The van der Waals surface area contributed by atoms with E-state index in [1.54, 1.807) is 0 Å². The van der Waals surface area contributed by atoms with Crippen molar-refractivity contribution in [3.05, 3.63) is 0 Å². The van der Waals surface area contributed by atoms with Crippen LogP contribution in [0.2, 0.25) is 0 Å². The number of hydrogen-bond acceptors (Lipinski definition) is 6. The van der Waals surface area contributed by atoms with Crippen molar-refractivity contribution in [3.8, 4) is 0 Å². The number of rotatable bonds is 8. The summed E-state index contributed by atoms with van der Waals surface area (Å²) in [5.74, 6) is 0.555. The van der Waals surface area contributed by atoms with E-state index in [1.165, 1.54) is 0 Å². The average molecular weight is 306 g/mol. The van der Waals surface area contributed by atoms with Crippen LogP contribution in [0, 0.1) is 0 Å². The van der Waals surface area contributed by atoms with Gasteiger partial charge in [0.25, 0.3) is 0 Å². The predicted octanol–water partition coefficient (Wildman–Crippen LogP) is 2.51. The highest BCUT2D eigenvalue weighted by Gasteiger charge is 2.27. The molecule has 1 aromatic heterocycles. The quantitative estimate of drug-likeness (QED) is 0.769. The van der Waals surface area contributed by atoms with Gasteiger partial charge in [-0.05, 0) is 20.3 Å². The van der Waals surface area contributed by atoms with Crippen LogP contribution >= 0.6 is 0 Å². The van der Waals surface area contributed by atoms with E-state index in [-0.39, 0.29) is 11.9 Å². The second-order valence-electron chi connectivity index (χ2n) is 4.35. The first kappa shape index (κ1) is 17.3. The zero-order valence-corrected chi connectivity index (χ0v) is 12.5.